The first-order chi connectivity index (χ1) is 10.2. The second kappa shape index (κ2) is 6.15. The Balaban J connectivity index is 1.76. The van der Waals surface area contributed by atoms with Crippen LogP contribution in [0.4, 0.5) is 0 Å². The molecule has 1 N–H and O–H groups in total. The van der Waals surface area contributed by atoms with Gasteiger partial charge >= 0.3 is 0 Å². The van der Waals surface area contributed by atoms with Crippen LogP contribution in [0.3, 0.4) is 0 Å². The van der Waals surface area contributed by atoms with Crippen molar-refractivity contribution in [1.82, 2.24) is 14.7 Å². The summed E-state index contributed by atoms with van der Waals surface area (Å²) in [7, 11) is 0. The van der Waals surface area contributed by atoms with Gasteiger partial charge in [-0.25, -0.2) is 0 Å². The predicted molar refractivity (Wildman–Crippen MR) is 77.2 cm³/mol. The highest BCUT2D eigenvalue weighted by molar-refractivity contribution is 5.95. The molecule has 116 valence electrons. The number of aromatic nitrogens is 2. The minimum Gasteiger partial charge on any atom is -0.391 e. The number of amides is 1. The molecule has 1 atom stereocenters. The van der Waals surface area contributed by atoms with Crippen LogP contribution in [-0.4, -0.2) is 58.1 Å². The van der Waals surface area contributed by atoms with Gasteiger partial charge < -0.3 is 14.7 Å². The molecule has 3 rings (SSSR count). The number of aliphatic hydroxyl groups excluding tert-OH is 1. The molecule has 3 heterocycles. The van der Waals surface area contributed by atoms with E-state index in [1.807, 2.05) is 11.6 Å². The molecule has 0 bridgehead atoms. The van der Waals surface area contributed by atoms with Crippen molar-refractivity contribution in [3.8, 4) is 0 Å². The number of piperidine rings is 1. The molecule has 21 heavy (non-hydrogen) atoms. The topological polar surface area (TPSA) is 67.6 Å². The predicted octanol–water partition coefficient (Wildman–Crippen LogP) is 1.14. The molecule has 0 radical (unpaired) electrons. The van der Waals surface area contributed by atoms with Gasteiger partial charge in [0, 0.05) is 32.0 Å². The lowest BCUT2D eigenvalue weighted by Gasteiger charge is -2.30. The Labute approximate surface area is 124 Å². The molecule has 1 unspecified atom stereocenters. The van der Waals surface area contributed by atoms with E-state index in [9.17, 15) is 9.90 Å². The number of β-amino-alcohol motifs (C(OH)–C–C–N with tert-alkyl or cyclic N) is 1. The minimum atomic E-state index is -0.395. The van der Waals surface area contributed by atoms with Crippen molar-refractivity contribution < 1.29 is 14.6 Å². The number of hydrogen-bond acceptors (Lipinski definition) is 4. The Bertz CT molecular complexity index is 508. The van der Waals surface area contributed by atoms with Crippen molar-refractivity contribution in [3.63, 3.8) is 0 Å². The second-order valence-corrected chi connectivity index (χ2v) is 5.98. The molecule has 1 amide bonds. The number of rotatable bonds is 2. The number of aliphatic hydroxyl groups is 1. The lowest BCUT2D eigenvalue weighted by atomic mass is 10.1. The molecule has 2 aliphatic rings. The van der Waals surface area contributed by atoms with Crippen LogP contribution in [0.15, 0.2) is 6.20 Å². The van der Waals surface area contributed by atoms with E-state index < -0.39 is 6.10 Å². The molecular formula is C15H23N3O3. The molecule has 2 fully saturated rings. The Kier molecular flexibility index (Phi) is 4.26. The van der Waals surface area contributed by atoms with Crippen LogP contribution in [0, 0.1) is 6.92 Å². The van der Waals surface area contributed by atoms with Crippen LogP contribution in [0.25, 0.3) is 0 Å². The molecular weight excluding hydrogens is 270 g/mol. The number of nitrogens with zero attached hydrogens (tertiary/aromatic N) is 3. The van der Waals surface area contributed by atoms with E-state index >= 15 is 0 Å². The summed E-state index contributed by atoms with van der Waals surface area (Å²) in [5.74, 6) is -0.00967. The van der Waals surface area contributed by atoms with Gasteiger partial charge in [0.15, 0.2) is 0 Å². The van der Waals surface area contributed by atoms with Gasteiger partial charge in [0.2, 0.25) is 0 Å². The van der Waals surface area contributed by atoms with Gasteiger partial charge in [-0.05, 0) is 32.6 Å². The highest BCUT2D eigenvalue weighted by atomic mass is 16.5. The molecule has 0 aliphatic carbocycles. The van der Waals surface area contributed by atoms with Gasteiger partial charge in [-0.1, -0.05) is 0 Å². The van der Waals surface area contributed by atoms with E-state index in [1.54, 1.807) is 11.1 Å². The average Bonchev–Trinajstić information content (AvgIpc) is 2.89. The first-order valence-corrected chi connectivity index (χ1v) is 7.76. The Hall–Kier alpha value is -1.40. The molecule has 1 aromatic rings. The maximum Gasteiger partial charge on any atom is 0.257 e. The van der Waals surface area contributed by atoms with Crippen LogP contribution in [0.2, 0.25) is 0 Å². The van der Waals surface area contributed by atoms with E-state index in [4.69, 9.17) is 4.74 Å². The van der Waals surface area contributed by atoms with Gasteiger partial charge in [-0.3, -0.25) is 9.48 Å². The van der Waals surface area contributed by atoms with E-state index in [2.05, 4.69) is 5.10 Å². The number of carbonyl (C=O) groups is 1. The van der Waals surface area contributed by atoms with E-state index in [0.717, 1.165) is 51.1 Å². The number of ether oxygens (including phenoxy) is 1. The Morgan fingerprint density at radius 1 is 1.38 bits per heavy atom. The van der Waals surface area contributed by atoms with Gasteiger partial charge in [0.05, 0.1) is 23.9 Å². The molecule has 0 spiro atoms. The normalized spacial score (nSPS) is 24.3. The van der Waals surface area contributed by atoms with E-state index in [0.29, 0.717) is 18.2 Å². The monoisotopic (exact) mass is 293 g/mol. The Morgan fingerprint density at radius 2 is 2.14 bits per heavy atom. The highest BCUT2D eigenvalue weighted by Crippen LogP contribution is 2.24. The van der Waals surface area contributed by atoms with Crippen LogP contribution in [-0.2, 0) is 4.74 Å². The van der Waals surface area contributed by atoms with Crippen LogP contribution in [0.1, 0.15) is 47.8 Å². The minimum absolute atomic E-state index is 0.00967. The van der Waals surface area contributed by atoms with Gasteiger partial charge in [-0.2, -0.15) is 5.10 Å². The SMILES string of the molecule is Cc1c(C(=O)N2CCCC(O)C2)cnn1C1CCOCC1. The van der Waals surface area contributed by atoms with Gasteiger partial charge in [0.1, 0.15) is 0 Å². The number of carbonyl (C=O) groups excluding carboxylic acids is 1. The summed E-state index contributed by atoms with van der Waals surface area (Å²) in [6.45, 7) is 4.62. The molecule has 0 saturated carbocycles. The second-order valence-electron chi connectivity index (χ2n) is 5.98. The van der Waals surface area contributed by atoms with Crippen LogP contribution < -0.4 is 0 Å². The lowest BCUT2D eigenvalue weighted by molar-refractivity contribution is 0.0472. The van der Waals surface area contributed by atoms with Crippen LogP contribution in [0.5, 0.6) is 0 Å². The third-order valence-corrected chi connectivity index (χ3v) is 4.50. The summed E-state index contributed by atoms with van der Waals surface area (Å²) in [6.07, 6.45) is 4.81. The standard InChI is InChI=1S/C15H23N3O3/c1-11-14(15(20)17-6-2-3-13(19)10-17)9-16-18(11)12-4-7-21-8-5-12/h9,12-13,19H,2-8,10H2,1H3. The fourth-order valence-electron chi connectivity index (χ4n) is 3.24. The third-order valence-electron chi connectivity index (χ3n) is 4.50. The van der Waals surface area contributed by atoms with Crippen molar-refractivity contribution in [2.45, 2.75) is 44.8 Å². The quantitative estimate of drug-likeness (QED) is 0.888. The zero-order valence-electron chi connectivity index (χ0n) is 12.5. The third kappa shape index (κ3) is 2.96. The summed E-state index contributed by atoms with van der Waals surface area (Å²) >= 11 is 0. The summed E-state index contributed by atoms with van der Waals surface area (Å²) in [4.78, 5) is 14.3. The zero-order chi connectivity index (χ0) is 14.8. The fourth-order valence-corrected chi connectivity index (χ4v) is 3.24. The smallest absolute Gasteiger partial charge is 0.257 e. The van der Waals surface area contributed by atoms with Gasteiger partial charge in [0.25, 0.3) is 5.91 Å². The maximum atomic E-state index is 12.6. The van der Waals surface area contributed by atoms with Crippen molar-refractivity contribution in [3.05, 3.63) is 17.5 Å². The highest BCUT2D eigenvalue weighted by Gasteiger charge is 2.27. The first kappa shape index (κ1) is 14.5. The Morgan fingerprint density at radius 3 is 2.86 bits per heavy atom. The van der Waals surface area contributed by atoms with Crippen molar-refractivity contribution in [2.75, 3.05) is 26.3 Å². The molecule has 1 aromatic heterocycles. The largest absolute Gasteiger partial charge is 0.391 e. The van der Waals surface area contributed by atoms with E-state index in [1.165, 1.54) is 0 Å². The first-order valence-electron chi connectivity index (χ1n) is 7.76. The molecule has 2 saturated heterocycles. The van der Waals surface area contributed by atoms with Crippen molar-refractivity contribution in [1.29, 1.82) is 0 Å². The number of hydrogen-bond donors (Lipinski definition) is 1. The molecule has 6 nitrogen and oxygen atoms in total. The molecule has 6 heteroatoms. The maximum absolute atomic E-state index is 12.6. The summed E-state index contributed by atoms with van der Waals surface area (Å²) in [5, 5.41) is 14.2. The van der Waals surface area contributed by atoms with Crippen LogP contribution >= 0.6 is 0 Å². The average molecular weight is 293 g/mol. The lowest BCUT2D eigenvalue weighted by Crippen LogP contribution is -2.42. The van der Waals surface area contributed by atoms with Gasteiger partial charge in [-0.15, -0.1) is 0 Å². The summed E-state index contributed by atoms with van der Waals surface area (Å²) < 4.78 is 7.35. The fraction of sp³-hybridized carbons (Fsp3) is 0.733. The van der Waals surface area contributed by atoms with E-state index in [-0.39, 0.29) is 5.91 Å². The van der Waals surface area contributed by atoms with Crippen molar-refractivity contribution in [2.24, 2.45) is 0 Å². The summed E-state index contributed by atoms with van der Waals surface area (Å²) in [5.41, 5.74) is 1.59. The summed E-state index contributed by atoms with van der Waals surface area (Å²) in [6, 6.07) is 0.326. The molecule has 2 aliphatic heterocycles. The van der Waals surface area contributed by atoms with Crippen molar-refractivity contribution >= 4 is 5.91 Å². The zero-order valence-corrected chi connectivity index (χ0v) is 12.5. The molecule has 0 aromatic carbocycles. The number of likely N-dealkylation sites (tertiary alicyclic amines) is 1.